The molecule has 0 saturated carbocycles. The molecule has 1 fully saturated rings. The summed E-state index contributed by atoms with van der Waals surface area (Å²) in [5, 5.41) is 1.15. The number of pyridine rings is 1. The van der Waals surface area contributed by atoms with Gasteiger partial charge in [0.25, 0.3) is 0 Å². The Bertz CT molecular complexity index is 914. The van der Waals surface area contributed by atoms with Crippen molar-refractivity contribution in [2.75, 3.05) is 13.1 Å². The van der Waals surface area contributed by atoms with Crippen LogP contribution in [0.25, 0.3) is 10.2 Å². The largest absolute Gasteiger partial charge is 0.296 e. The van der Waals surface area contributed by atoms with Gasteiger partial charge in [-0.1, -0.05) is 6.07 Å². The lowest BCUT2D eigenvalue weighted by Crippen LogP contribution is -2.24. The molecule has 5 heteroatoms. The third-order valence-electron chi connectivity index (χ3n) is 5.53. The number of aromatic nitrogens is 2. The van der Waals surface area contributed by atoms with E-state index < -0.39 is 0 Å². The van der Waals surface area contributed by atoms with E-state index in [0.717, 1.165) is 34.3 Å². The van der Waals surface area contributed by atoms with Gasteiger partial charge < -0.3 is 0 Å². The average molecular weight is 400 g/mol. The smallest absolute Gasteiger partial charge is 0.0907 e. The molecule has 4 rings (SSSR count). The molecule has 2 unspecified atom stereocenters. The minimum atomic E-state index is 0. The first-order chi connectivity index (χ1) is 12.5. The molecular formula is C22H29N3S2. The van der Waals surface area contributed by atoms with Gasteiger partial charge in [-0.3, -0.25) is 9.88 Å². The first-order valence-corrected chi connectivity index (χ1v) is 10.3. The number of fused-ring (bicyclic) bond motifs is 1. The maximum absolute atomic E-state index is 4.66. The summed E-state index contributed by atoms with van der Waals surface area (Å²) < 4.78 is 1.29. The standard InChI is InChI=1S/C22H27N3S.H2S/c1-14-9-19(10-15(2)23-14)11-18-7-8-25(13-18)16(3)20-5-6-22-21(12-20)24-17(4)26-22;/h5-6,9-10,12,16,18H,7-8,11,13H2,1-4H3;1H2. The second-order valence-electron chi connectivity index (χ2n) is 7.75. The van der Waals surface area contributed by atoms with Gasteiger partial charge in [-0.25, -0.2) is 4.98 Å². The van der Waals surface area contributed by atoms with Crippen molar-refractivity contribution in [1.29, 1.82) is 0 Å². The number of likely N-dealkylation sites (tertiary alicyclic amines) is 1. The molecule has 1 aliphatic heterocycles. The Morgan fingerprint density at radius 3 is 2.59 bits per heavy atom. The first kappa shape index (κ1) is 20.3. The molecule has 3 heterocycles. The molecule has 0 aliphatic carbocycles. The van der Waals surface area contributed by atoms with Crippen molar-refractivity contribution < 1.29 is 0 Å². The molecule has 2 atom stereocenters. The van der Waals surface area contributed by atoms with Crippen LogP contribution in [0.4, 0.5) is 0 Å². The zero-order valence-electron chi connectivity index (χ0n) is 16.6. The van der Waals surface area contributed by atoms with Gasteiger partial charge in [0.2, 0.25) is 0 Å². The van der Waals surface area contributed by atoms with E-state index in [-0.39, 0.29) is 13.5 Å². The van der Waals surface area contributed by atoms with Crippen molar-refractivity contribution in [1.82, 2.24) is 14.9 Å². The van der Waals surface area contributed by atoms with Gasteiger partial charge in [0.05, 0.1) is 15.2 Å². The summed E-state index contributed by atoms with van der Waals surface area (Å²) >= 11 is 1.78. The number of thiazole rings is 1. The van der Waals surface area contributed by atoms with Crippen LogP contribution < -0.4 is 0 Å². The predicted molar refractivity (Wildman–Crippen MR) is 120 cm³/mol. The Labute approximate surface area is 173 Å². The fourth-order valence-electron chi connectivity index (χ4n) is 4.28. The van der Waals surface area contributed by atoms with Gasteiger partial charge in [-0.15, -0.1) is 11.3 Å². The summed E-state index contributed by atoms with van der Waals surface area (Å²) in [4.78, 5) is 11.8. The van der Waals surface area contributed by atoms with Crippen molar-refractivity contribution in [2.45, 2.75) is 46.6 Å². The van der Waals surface area contributed by atoms with E-state index in [2.05, 4.69) is 72.9 Å². The van der Waals surface area contributed by atoms with Crippen molar-refractivity contribution in [2.24, 2.45) is 5.92 Å². The minimum Gasteiger partial charge on any atom is -0.296 e. The quantitative estimate of drug-likeness (QED) is 0.592. The van der Waals surface area contributed by atoms with Crippen LogP contribution >= 0.6 is 24.8 Å². The second kappa shape index (κ2) is 8.29. The molecule has 27 heavy (non-hydrogen) atoms. The molecule has 144 valence electrons. The van der Waals surface area contributed by atoms with E-state index in [1.54, 1.807) is 11.3 Å². The third-order valence-corrected chi connectivity index (χ3v) is 6.48. The van der Waals surface area contributed by atoms with Crippen molar-refractivity contribution in [3.05, 3.63) is 57.9 Å². The summed E-state index contributed by atoms with van der Waals surface area (Å²) in [6.45, 7) is 11.0. The maximum atomic E-state index is 4.66. The zero-order valence-corrected chi connectivity index (χ0v) is 18.4. The van der Waals surface area contributed by atoms with E-state index in [9.17, 15) is 0 Å². The molecule has 3 aromatic rings. The maximum Gasteiger partial charge on any atom is 0.0907 e. The molecule has 1 aromatic carbocycles. The first-order valence-electron chi connectivity index (χ1n) is 9.53. The normalized spacial score (nSPS) is 18.6. The molecular weight excluding hydrogens is 370 g/mol. The molecule has 0 amide bonds. The second-order valence-corrected chi connectivity index (χ2v) is 8.98. The van der Waals surface area contributed by atoms with Crippen LogP contribution in [0.3, 0.4) is 0 Å². The minimum absolute atomic E-state index is 0. The van der Waals surface area contributed by atoms with Gasteiger partial charge in [-0.05, 0) is 88.4 Å². The topological polar surface area (TPSA) is 29.0 Å². The summed E-state index contributed by atoms with van der Waals surface area (Å²) in [6, 6.07) is 11.8. The molecule has 3 nitrogen and oxygen atoms in total. The SMILES string of the molecule is Cc1cc(CC2CCN(C(C)c3ccc4sc(C)nc4c3)C2)cc(C)n1.S. The highest BCUT2D eigenvalue weighted by Gasteiger charge is 2.27. The van der Waals surface area contributed by atoms with E-state index in [1.807, 2.05) is 0 Å². The Hall–Kier alpha value is -1.43. The fourth-order valence-corrected chi connectivity index (χ4v) is 5.09. The van der Waals surface area contributed by atoms with Crippen LogP contribution in [0, 0.1) is 26.7 Å². The van der Waals surface area contributed by atoms with Crippen LogP contribution in [0.15, 0.2) is 30.3 Å². The summed E-state index contributed by atoms with van der Waals surface area (Å²) in [6.07, 6.45) is 2.44. The van der Waals surface area contributed by atoms with Crippen LogP contribution in [-0.4, -0.2) is 28.0 Å². The number of hydrogen-bond acceptors (Lipinski definition) is 4. The molecule has 0 N–H and O–H groups in total. The lowest BCUT2D eigenvalue weighted by molar-refractivity contribution is 0.252. The van der Waals surface area contributed by atoms with Crippen molar-refractivity contribution in [3.63, 3.8) is 0 Å². The zero-order chi connectivity index (χ0) is 18.3. The number of hydrogen-bond donors (Lipinski definition) is 0. The molecule has 0 radical (unpaired) electrons. The van der Waals surface area contributed by atoms with Gasteiger partial charge in [-0.2, -0.15) is 13.5 Å². The number of aryl methyl sites for hydroxylation is 3. The van der Waals surface area contributed by atoms with Gasteiger partial charge >= 0.3 is 0 Å². The Kier molecular flexibility index (Phi) is 6.24. The summed E-state index contributed by atoms with van der Waals surface area (Å²) in [5.41, 5.74) is 6.24. The number of nitrogens with zero attached hydrogens (tertiary/aromatic N) is 3. The van der Waals surface area contributed by atoms with Crippen LogP contribution in [0.1, 0.15) is 46.9 Å². The van der Waals surface area contributed by atoms with E-state index in [1.165, 1.54) is 35.3 Å². The van der Waals surface area contributed by atoms with Gasteiger partial charge in [0, 0.05) is 24.0 Å². The lowest BCUT2D eigenvalue weighted by Gasteiger charge is -2.25. The highest BCUT2D eigenvalue weighted by Crippen LogP contribution is 2.31. The molecule has 1 aliphatic rings. The molecule has 1 saturated heterocycles. The van der Waals surface area contributed by atoms with Gasteiger partial charge in [0.1, 0.15) is 0 Å². The molecule has 0 spiro atoms. The predicted octanol–water partition coefficient (Wildman–Crippen LogP) is 5.35. The number of benzene rings is 1. The highest BCUT2D eigenvalue weighted by molar-refractivity contribution is 7.59. The van der Waals surface area contributed by atoms with Crippen LogP contribution in [0.2, 0.25) is 0 Å². The molecule has 2 aromatic heterocycles. The average Bonchev–Trinajstić information content (AvgIpc) is 3.17. The highest BCUT2D eigenvalue weighted by atomic mass is 32.1. The van der Waals surface area contributed by atoms with Crippen LogP contribution in [-0.2, 0) is 6.42 Å². The third kappa shape index (κ3) is 4.53. The number of rotatable bonds is 4. The van der Waals surface area contributed by atoms with Gasteiger partial charge in [0.15, 0.2) is 0 Å². The lowest BCUT2D eigenvalue weighted by atomic mass is 9.98. The van der Waals surface area contributed by atoms with E-state index >= 15 is 0 Å². The summed E-state index contributed by atoms with van der Waals surface area (Å²) in [5.74, 6) is 0.740. The Morgan fingerprint density at radius 2 is 1.85 bits per heavy atom. The Balaban J connectivity index is 0.00000210. The van der Waals surface area contributed by atoms with Crippen molar-refractivity contribution >= 4 is 35.0 Å². The molecule has 0 bridgehead atoms. The van der Waals surface area contributed by atoms with E-state index in [4.69, 9.17) is 0 Å². The summed E-state index contributed by atoms with van der Waals surface area (Å²) in [7, 11) is 0. The van der Waals surface area contributed by atoms with Crippen molar-refractivity contribution in [3.8, 4) is 0 Å². The fraction of sp³-hybridized carbons (Fsp3) is 0.455. The van der Waals surface area contributed by atoms with Crippen LogP contribution in [0.5, 0.6) is 0 Å². The van der Waals surface area contributed by atoms with E-state index in [0.29, 0.717) is 6.04 Å². The Morgan fingerprint density at radius 1 is 1.11 bits per heavy atom. The monoisotopic (exact) mass is 399 g/mol.